The third-order valence-electron chi connectivity index (χ3n) is 3.43. The third kappa shape index (κ3) is 2.28. The molecule has 0 aliphatic carbocycles. The average Bonchev–Trinajstić information content (AvgIpc) is 2.86. The molecule has 2 radical (unpaired) electrons. The van der Waals surface area contributed by atoms with Gasteiger partial charge < -0.3 is 0 Å². The first kappa shape index (κ1) is 12.5. The predicted octanol–water partition coefficient (Wildman–Crippen LogP) is 0.977. The molecule has 94 valence electrons. The Kier molecular flexibility index (Phi) is 3.30. The molecular formula is C18H12As2. The maximum atomic E-state index is 2.43. The molecule has 4 rings (SSSR count). The normalized spacial score (nSPS) is 13.8. The topological polar surface area (TPSA) is 0 Å². The fraction of sp³-hybridized carbons (Fsp3) is 0. The summed E-state index contributed by atoms with van der Waals surface area (Å²) in [6, 6.07) is 26.9. The molecule has 0 atom stereocenters. The van der Waals surface area contributed by atoms with Crippen molar-refractivity contribution in [3.63, 3.8) is 0 Å². The summed E-state index contributed by atoms with van der Waals surface area (Å²) in [5.41, 5.74) is 2.96. The van der Waals surface area contributed by atoms with Crippen LogP contribution >= 0.6 is 0 Å². The monoisotopic (exact) mass is 378 g/mol. The Morgan fingerprint density at radius 3 is 2.25 bits per heavy atom. The van der Waals surface area contributed by atoms with Crippen LogP contribution in [-0.4, -0.2) is 31.5 Å². The Hall–Kier alpha value is -1.22. The maximum absolute atomic E-state index is 2.43. The Morgan fingerprint density at radius 2 is 1.35 bits per heavy atom. The quantitative estimate of drug-likeness (QED) is 0.457. The summed E-state index contributed by atoms with van der Waals surface area (Å²) in [7, 11) is 0. The van der Waals surface area contributed by atoms with Crippen molar-refractivity contribution in [3.8, 4) is 11.1 Å². The molecule has 2 heteroatoms. The van der Waals surface area contributed by atoms with E-state index < -0.39 is 0 Å². The van der Waals surface area contributed by atoms with E-state index in [-0.39, 0.29) is 31.5 Å². The second kappa shape index (κ2) is 5.28. The molecule has 3 aromatic rings. The molecule has 3 aromatic carbocycles. The van der Waals surface area contributed by atoms with Crippen molar-refractivity contribution in [1.82, 2.24) is 0 Å². The van der Waals surface area contributed by atoms with Crippen molar-refractivity contribution in [2.75, 3.05) is 0 Å². The third-order valence-corrected chi connectivity index (χ3v) is 8.37. The molecule has 1 aliphatic heterocycles. The fourth-order valence-corrected chi connectivity index (χ4v) is 7.00. The summed E-state index contributed by atoms with van der Waals surface area (Å²) < 4.78 is 6.11. The Morgan fingerprint density at radius 1 is 0.600 bits per heavy atom. The van der Waals surface area contributed by atoms with E-state index in [9.17, 15) is 0 Å². The molecule has 1 aliphatic rings. The van der Waals surface area contributed by atoms with Gasteiger partial charge in [0.15, 0.2) is 0 Å². The van der Waals surface area contributed by atoms with Crippen molar-refractivity contribution < 1.29 is 0 Å². The van der Waals surface area contributed by atoms with Crippen molar-refractivity contribution >= 4 is 48.9 Å². The number of hydrogen-bond donors (Lipinski definition) is 0. The van der Waals surface area contributed by atoms with Crippen LogP contribution in [0.4, 0.5) is 0 Å². The second-order valence-electron chi connectivity index (χ2n) is 4.78. The van der Waals surface area contributed by atoms with Gasteiger partial charge in [0.25, 0.3) is 0 Å². The van der Waals surface area contributed by atoms with Gasteiger partial charge in [0, 0.05) is 0 Å². The number of fused-ring (bicyclic) bond motifs is 3. The summed E-state index contributed by atoms with van der Waals surface area (Å²) in [5.74, 6) is 0. The van der Waals surface area contributed by atoms with Gasteiger partial charge in [-0.25, -0.2) is 0 Å². The molecule has 20 heavy (non-hydrogen) atoms. The van der Waals surface area contributed by atoms with E-state index in [1.165, 1.54) is 19.8 Å². The van der Waals surface area contributed by atoms with Gasteiger partial charge in [0.1, 0.15) is 0 Å². The molecule has 1 heterocycles. The molecule has 0 spiro atoms. The summed E-state index contributed by atoms with van der Waals surface area (Å²) in [5, 5.41) is 0. The molecule has 0 saturated heterocycles. The Balaban J connectivity index is 1.73. The van der Waals surface area contributed by atoms with Crippen molar-refractivity contribution in [2.24, 2.45) is 0 Å². The van der Waals surface area contributed by atoms with Crippen LogP contribution in [0.25, 0.3) is 11.1 Å². The van der Waals surface area contributed by atoms with Crippen molar-refractivity contribution in [1.29, 1.82) is 0 Å². The SMILES string of the molecule is c1ccc([As]c2ccc3c(c2)-c2ccccc2[As]3)cc1. The summed E-state index contributed by atoms with van der Waals surface area (Å²) in [6.45, 7) is 0. The van der Waals surface area contributed by atoms with Gasteiger partial charge in [-0.15, -0.1) is 0 Å². The van der Waals surface area contributed by atoms with E-state index in [0.29, 0.717) is 0 Å². The zero-order valence-electron chi connectivity index (χ0n) is 10.8. The standard InChI is InChI=1S/C18H12As2/c1-2-6-13(7-3-1)19-14-10-11-18-16(12-14)15-8-4-5-9-17(15)20-18/h1-12H. The van der Waals surface area contributed by atoms with Gasteiger partial charge in [-0.05, 0) is 0 Å². The summed E-state index contributed by atoms with van der Waals surface area (Å²) in [6.07, 6.45) is 0. The van der Waals surface area contributed by atoms with Crippen LogP contribution in [0, 0.1) is 0 Å². The van der Waals surface area contributed by atoms with E-state index in [0.717, 1.165) is 0 Å². The van der Waals surface area contributed by atoms with E-state index >= 15 is 0 Å². The molecule has 0 amide bonds. The average molecular weight is 378 g/mol. The van der Waals surface area contributed by atoms with Crippen LogP contribution < -0.4 is 17.4 Å². The van der Waals surface area contributed by atoms with Gasteiger partial charge in [0.2, 0.25) is 0 Å². The first-order valence-electron chi connectivity index (χ1n) is 6.62. The van der Waals surface area contributed by atoms with Crippen LogP contribution in [0.15, 0.2) is 72.8 Å². The zero-order valence-corrected chi connectivity index (χ0v) is 14.6. The van der Waals surface area contributed by atoms with Crippen molar-refractivity contribution in [2.45, 2.75) is 0 Å². The molecule has 0 N–H and O–H groups in total. The van der Waals surface area contributed by atoms with Crippen LogP contribution in [0.3, 0.4) is 0 Å². The van der Waals surface area contributed by atoms with E-state index in [1.54, 1.807) is 8.70 Å². The zero-order chi connectivity index (χ0) is 13.4. The minimum absolute atomic E-state index is 0.100. The number of rotatable bonds is 2. The number of benzene rings is 3. The minimum atomic E-state index is 0.100. The van der Waals surface area contributed by atoms with Gasteiger partial charge in [-0.2, -0.15) is 0 Å². The Bertz CT molecular complexity index is 763. The van der Waals surface area contributed by atoms with Crippen molar-refractivity contribution in [3.05, 3.63) is 72.8 Å². The van der Waals surface area contributed by atoms with Crippen LogP contribution in [-0.2, 0) is 0 Å². The molecule has 0 aromatic heterocycles. The molecule has 0 bridgehead atoms. The molecule has 0 fully saturated rings. The van der Waals surface area contributed by atoms with Gasteiger partial charge in [-0.3, -0.25) is 0 Å². The Labute approximate surface area is 132 Å². The van der Waals surface area contributed by atoms with Gasteiger partial charge in [-0.1, -0.05) is 0 Å². The van der Waals surface area contributed by atoms with E-state index in [4.69, 9.17) is 0 Å². The van der Waals surface area contributed by atoms with E-state index in [2.05, 4.69) is 72.8 Å². The number of hydrogen-bond acceptors (Lipinski definition) is 0. The molecular weight excluding hydrogens is 366 g/mol. The summed E-state index contributed by atoms with van der Waals surface area (Å²) in [4.78, 5) is 0. The van der Waals surface area contributed by atoms with Crippen LogP contribution in [0.2, 0.25) is 0 Å². The van der Waals surface area contributed by atoms with Gasteiger partial charge in [0.05, 0.1) is 0 Å². The van der Waals surface area contributed by atoms with E-state index in [1.807, 2.05) is 0 Å². The fourth-order valence-electron chi connectivity index (χ4n) is 2.49. The molecule has 0 saturated carbocycles. The second-order valence-corrected chi connectivity index (χ2v) is 9.90. The van der Waals surface area contributed by atoms with Crippen LogP contribution in [0.5, 0.6) is 0 Å². The molecule has 0 nitrogen and oxygen atoms in total. The summed E-state index contributed by atoms with van der Waals surface area (Å²) >= 11 is 0.295. The van der Waals surface area contributed by atoms with Crippen LogP contribution in [0.1, 0.15) is 0 Å². The molecule has 0 unspecified atom stereocenters. The first-order chi connectivity index (χ1) is 9.90. The van der Waals surface area contributed by atoms with Gasteiger partial charge >= 0.3 is 133 Å². The predicted molar refractivity (Wildman–Crippen MR) is 88.4 cm³/mol. The first-order valence-corrected chi connectivity index (χ1v) is 10.4.